The van der Waals surface area contributed by atoms with Gasteiger partial charge in [0.2, 0.25) is 5.91 Å². The number of thiophene rings is 1. The van der Waals surface area contributed by atoms with E-state index in [9.17, 15) is 9.59 Å². The maximum atomic E-state index is 12.6. The zero-order valence-electron chi connectivity index (χ0n) is 14.2. The second-order valence-electron chi connectivity index (χ2n) is 6.04. The molecule has 2 heterocycles. The maximum absolute atomic E-state index is 12.6. The standard InChI is InChI=1S/C20H21NO3S/c1-24-17-6-4-15(5-7-17)20(23)16-10-12-21(13-11-16)19(22)9-8-18-3-2-14-25-18/h2-9,14,16H,10-13H2,1H3/b9-8+. The van der Waals surface area contributed by atoms with Crippen LogP contribution in [-0.4, -0.2) is 36.8 Å². The lowest BCUT2D eigenvalue weighted by molar-refractivity contribution is -0.127. The van der Waals surface area contributed by atoms with Gasteiger partial charge in [0.1, 0.15) is 5.75 Å². The van der Waals surface area contributed by atoms with Crippen LogP contribution in [0.3, 0.4) is 0 Å². The van der Waals surface area contributed by atoms with Gasteiger partial charge in [0, 0.05) is 35.5 Å². The van der Waals surface area contributed by atoms with Crippen LogP contribution in [0.4, 0.5) is 0 Å². The molecule has 1 saturated heterocycles. The summed E-state index contributed by atoms with van der Waals surface area (Å²) in [6, 6.07) is 11.2. The number of ether oxygens (including phenoxy) is 1. The van der Waals surface area contributed by atoms with Crippen molar-refractivity contribution in [3.8, 4) is 5.75 Å². The van der Waals surface area contributed by atoms with Gasteiger partial charge < -0.3 is 9.64 Å². The Hall–Kier alpha value is -2.40. The van der Waals surface area contributed by atoms with Gasteiger partial charge in [-0.05, 0) is 54.6 Å². The number of nitrogens with zero attached hydrogens (tertiary/aromatic N) is 1. The Morgan fingerprint density at radius 3 is 2.48 bits per heavy atom. The number of hydrogen-bond donors (Lipinski definition) is 0. The van der Waals surface area contributed by atoms with E-state index in [0.717, 1.165) is 10.6 Å². The Labute approximate surface area is 151 Å². The van der Waals surface area contributed by atoms with Crippen LogP contribution in [0.2, 0.25) is 0 Å². The Morgan fingerprint density at radius 2 is 1.88 bits per heavy atom. The molecule has 0 spiro atoms. The van der Waals surface area contributed by atoms with Crippen molar-refractivity contribution in [1.29, 1.82) is 0 Å². The summed E-state index contributed by atoms with van der Waals surface area (Å²) in [6.45, 7) is 1.25. The molecule has 0 aliphatic carbocycles. The van der Waals surface area contributed by atoms with Crippen molar-refractivity contribution in [2.24, 2.45) is 5.92 Å². The number of piperidine rings is 1. The highest BCUT2D eigenvalue weighted by Crippen LogP contribution is 2.23. The van der Waals surface area contributed by atoms with Crippen LogP contribution in [-0.2, 0) is 4.79 Å². The van der Waals surface area contributed by atoms with Gasteiger partial charge >= 0.3 is 0 Å². The van der Waals surface area contributed by atoms with Crippen molar-refractivity contribution in [2.75, 3.05) is 20.2 Å². The molecule has 1 fully saturated rings. The van der Waals surface area contributed by atoms with Gasteiger partial charge in [-0.15, -0.1) is 11.3 Å². The zero-order chi connectivity index (χ0) is 17.6. The molecule has 0 bridgehead atoms. The van der Waals surface area contributed by atoms with E-state index in [1.54, 1.807) is 36.7 Å². The molecular weight excluding hydrogens is 334 g/mol. The number of methoxy groups -OCH3 is 1. The summed E-state index contributed by atoms with van der Waals surface area (Å²) in [5.74, 6) is 0.904. The summed E-state index contributed by atoms with van der Waals surface area (Å²) in [5.41, 5.74) is 0.711. The van der Waals surface area contributed by atoms with Crippen LogP contribution in [0.15, 0.2) is 47.9 Å². The highest BCUT2D eigenvalue weighted by Gasteiger charge is 2.27. The molecule has 5 heteroatoms. The number of rotatable bonds is 5. The van der Waals surface area contributed by atoms with E-state index < -0.39 is 0 Å². The van der Waals surface area contributed by atoms with Gasteiger partial charge in [0.25, 0.3) is 0 Å². The Balaban J connectivity index is 1.54. The first-order valence-corrected chi connectivity index (χ1v) is 9.24. The Bertz CT molecular complexity index is 742. The second kappa shape index (κ2) is 8.12. The molecule has 2 aromatic rings. The smallest absolute Gasteiger partial charge is 0.246 e. The largest absolute Gasteiger partial charge is 0.497 e. The normalized spacial score (nSPS) is 15.5. The highest BCUT2D eigenvalue weighted by atomic mass is 32.1. The van der Waals surface area contributed by atoms with Crippen LogP contribution in [0.5, 0.6) is 5.75 Å². The minimum absolute atomic E-state index is 0.0151. The molecule has 0 unspecified atom stereocenters. The number of hydrogen-bond acceptors (Lipinski definition) is 4. The first kappa shape index (κ1) is 17.4. The van der Waals surface area contributed by atoms with E-state index in [-0.39, 0.29) is 17.6 Å². The third kappa shape index (κ3) is 4.37. The van der Waals surface area contributed by atoms with Crippen LogP contribution >= 0.6 is 11.3 Å². The van der Waals surface area contributed by atoms with Crippen molar-refractivity contribution >= 4 is 29.1 Å². The van der Waals surface area contributed by atoms with E-state index in [1.807, 2.05) is 40.6 Å². The molecular formula is C20H21NO3S. The lowest BCUT2D eigenvalue weighted by Crippen LogP contribution is -2.39. The van der Waals surface area contributed by atoms with Gasteiger partial charge in [0.05, 0.1) is 7.11 Å². The average Bonchev–Trinajstić information content (AvgIpc) is 3.19. The molecule has 0 radical (unpaired) electrons. The van der Waals surface area contributed by atoms with E-state index in [4.69, 9.17) is 4.74 Å². The summed E-state index contributed by atoms with van der Waals surface area (Å²) in [7, 11) is 1.61. The molecule has 130 valence electrons. The Morgan fingerprint density at radius 1 is 1.16 bits per heavy atom. The van der Waals surface area contributed by atoms with Crippen LogP contribution in [0, 0.1) is 5.92 Å². The first-order valence-electron chi connectivity index (χ1n) is 8.36. The van der Waals surface area contributed by atoms with E-state index >= 15 is 0 Å². The number of carbonyl (C=O) groups is 2. The number of likely N-dealkylation sites (tertiary alicyclic amines) is 1. The zero-order valence-corrected chi connectivity index (χ0v) is 15.0. The highest BCUT2D eigenvalue weighted by molar-refractivity contribution is 7.10. The quantitative estimate of drug-likeness (QED) is 0.604. The fourth-order valence-electron chi connectivity index (χ4n) is 3.00. The molecule has 3 rings (SSSR count). The molecule has 4 nitrogen and oxygen atoms in total. The predicted octanol–water partition coefficient (Wildman–Crippen LogP) is 3.89. The van der Waals surface area contributed by atoms with E-state index in [2.05, 4.69) is 0 Å². The molecule has 1 aliphatic heterocycles. The van der Waals surface area contributed by atoms with Crippen molar-refractivity contribution in [3.05, 3.63) is 58.3 Å². The Kier molecular flexibility index (Phi) is 5.66. The maximum Gasteiger partial charge on any atom is 0.246 e. The van der Waals surface area contributed by atoms with Gasteiger partial charge in [-0.3, -0.25) is 9.59 Å². The predicted molar refractivity (Wildman–Crippen MR) is 100.0 cm³/mol. The van der Waals surface area contributed by atoms with Crippen LogP contribution < -0.4 is 4.74 Å². The minimum Gasteiger partial charge on any atom is -0.497 e. The lowest BCUT2D eigenvalue weighted by Gasteiger charge is -2.30. The van der Waals surface area contributed by atoms with Gasteiger partial charge in [-0.1, -0.05) is 6.07 Å². The second-order valence-corrected chi connectivity index (χ2v) is 7.02. The summed E-state index contributed by atoms with van der Waals surface area (Å²) < 4.78 is 5.12. The molecule has 1 amide bonds. The van der Waals surface area contributed by atoms with Crippen LogP contribution in [0.25, 0.3) is 6.08 Å². The van der Waals surface area contributed by atoms with Gasteiger partial charge in [-0.2, -0.15) is 0 Å². The molecule has 0 N–H and O–H groups in total. The number of ketones is 1. The van der Waals surface area contributed by atoms with E-state index in [1.165, 1.54) is 0 Å². The topological polar surface area (TPSA) is 46.6 Å². The molecule has 1 aromatic heterocycles. The summed E-state index contributed by atoms with van der Waals surface area (Å²) in [5, 5.41) is 1.99. The monoisotopic (exact) mass is 355 g/mol. The molecule has 25 heavy (non-hydrogen) atoms. The molecule has 1 aromatic carbocycles. The number of amides is 1. The third-order valence-corrected chi connectivity index (χ3v) is 5.32. The van der Waals surface area contributed by atoms with Crippen molar-refractivity contribution < 1.29 is 14.3 Å². The number of benzene rings is 1. The van der Waals surface area contributed by atoms with Gasteiger partial charge in [-0.25, -0.2) is 0 Å². The van der Waals surface area contributed by atoms with E-state index in [0.29, 0.717) is 31.5 Å². The molecule has 0 atom stereocenters. The SMILES string of the molecule is COc1ccc(C(=O)C2CCN(C(=O)/C=C/c3cccs3)CC2)cc1. The lowest BCUT2D eigenvalue weighted by atomic mass is 9.89. The summed E-state index contributed by atoms with van der Waals surface area (Å²) in [6.07, 6.45) is 4.89. The van der Waals surface area contributed by atoms with Crippen LogP contribution in [0.1, 0.15) is 28.1 Å². The third-order valence-electron chi connectivity index (χ3n) is 4.49. The fourth-order valence-corrected chi connectivity index (χ4v) is 3.62. The van der Waals surface area contributed by atoms with Crippen molar-refractivity contribution in [3.63, 3.8) is 0 Å². The number of carbonyl (C=O) groups excluding carboxylic acids is 2. The first-order chi connectivity index (χ1) is 12.2. The van der Waals surface area contributed by atoms with Crippen molar-refractivity contribution in [1.82, 2.24) is 4.90 Å². The fraction of sp³-hybridized carbons (Fsp3) is 0.300. The molecule has 0 saturated carbocycles. The minimum atomic E-state index is -0.0151. The molecule has 1 aliphatic rings. The van der Waals surface area contributed by atoms with Crippen molar-refractivity contribution in [2.45, 2.75) is 12.8 Å². The number of Topliss-reactive ketones (excluding diaryl/α,β-unsaturated/α-hetero) is 1. The average molecular weight is 355 g/mol. The summed E-state index contributed by atoms with van der Waals surface area (Å²) >= 11 is 1.60. The van der Waals surface area contributed by atoms with Gasteiger partial charge in [0.15, 0.2) is 5.78 Å². The summed E-state index contributed by atoms with van der Waals surface area (Å²) in [4.78, 5) is 27.7.